The molecule has 222 valence electrons. The normalized spacial score (nSPS) is 20.7. The fourth-order valence-corrected chi connectivity index (χ4v) is 6.75. The molecule has 0 aliphatic heterocycles. The highest BCUT2D eigenvalue weighted by Crippen LogP contribution is 2.42. The summed E-state index contributed by atoms with van der Waals surface area (Å²) in [5.74, 6) is 0.0131. The van der Waals surface area contributed by atoms with E-state index in [2.05, 4.69) is 25.7 Å². The maximum absolute atomic E-state index is 15.3. The van der Waals surface area contributed by atoms with Crippen molar-refractivity contribution in [3.8, 4) is 28.0 Å². The van der Waals surface area contributed by atoms with Gasteiger partial charge >= 0.3 is 0 Å². The maximum Gasteiger partial charge on any atom is 0.201 e. The van der Waals surface area contributed by atoms with Crippen molar-refractivity contribution in [2.24, 2.45) is 17.8 Å². The van der Waals surface area contributed by atoms with Crippen LogP contribution in [0.5, 0.6) is 5.75 Å². The van der Waals surface area contributed by atoms with Gasteiger partial charge in [0.05, 0.1) is 6.61 Å². The van der Waals surface area contributed by atoms with Crippen molar-refractivity contribution in [1.29, 1.82) is 0 Å². The summed E-state index contributed by atoms with van der Waals surface area (Å²) in [5, 5.41) is 0. The number of halogens is 3. The fraction of sp³-hybridized carbons (Fsp3) is 0.421. The molecule has 0 radical (unpaired) electrons. The average molecular weight is 573 g/mol. The lowest BCUT2D eigenvalue weighted by molar-refractivity contribution is 0.212. The third-order valence-electron chi connectivity index (χ3n) is 9.41. The summed E-state index contributed by atoms with van der Waals surface area (Å²) < 4.78 is 50.4. The van der Waals surface area contributed by atoms with Crippen LogP contribution < -0.4 is 4.74 Å². The van der Waals surface area contributed by atoms with Gasteiger partial charge in [-0.2, -0.15) is 4.39 Å². The molecule has 0 spiro atoms. The number of hydrogen-bond donors (Lipinski definition) is 0. The largest absolute Gasteiger partial charge is 0.490 e. The number of hydrogen-bond acceptors (Lipinski definition) is 1. The number of unbranched alkanes of at least 4 members (excludes halogenated alkanes) is 3. The molecule has 0 amide bonds. The van der Waals surface area contributed by atoms with E-state index in [0.717, 1.165) is 67.6 Å². The molecule has 2 aliphatic rings. The Bertz CT molecular complexity index is 1380. The van der Waals surface area contributed by atoms with E-state index in [1.807, 2.05) is 24.3 Å². The first-order valence-corrected chi connectivity index (χ1v) is 15.8. The van der Waals surface area contributed by atoms with Gasteiger partial charge < -0.3 is 4.74 Å². The van der Waals surface area contributed by atoms with Crippen LogP contribution in [0.2, 0.25) is 0 Å². The smallest absolute Gasteiger partial charge is 0.201 e. The van der Waals surface area contributed by atoms with Crippen LogP contribution in [0.15, 0.2) is 73.3 Å². The zero-order valence-corrected chi connectivity index (χ0v) is 24.8. The Hall–Kier alpha value is -3.27. The SMILES string of the molecule is C=CC1CCC(C2CC=C(c3ccc(-c4ccc(-c5ccc(OCCCCCC)c(F)c5F)cc4)cc3F)CC2)CC1. The lowest BCUT2D eigenvalue weighted by Gasteiger charge is -2.34. The monoisotopic (exact) mass is 572 g/mol. The van der Waals surface area contributed by atoms with Gasteiger partial charge in [0.2, 0.25) is 5.82 Å². The predicted octanol–water partition coefficient (Wildman–Crippen LogP) is 11.6. The lowest BCUT2D eigenvalue weighted by atomic mass is 9.71. The number of ether oxygens (including phenoxy) is 1. The molecule has 0 heterocycles. The Labute approximate surface area is 249 Å². The van der Waals surface area contributed by atoms with Crippen molar-refractivity contribution < 1.29 is 17.9 Å². The molecular weight excluding hydrogens is 529 g/mol. The van der Waals surface area contributed by atoms with Gasteiger partial charge in [0.1, 0.15) is 5.82 Å². The van der Waals surface area contributed by atoms with Crippen LogP contribution in [0.4, 0.5) is 13.2 Å². The molecule has 3 aromatic rings. The summed E-state index contributed by atoms with van der Waals surface area (Å²) in [6.45, 7) is 6.45. The highest BCUT2D eigenvalue weighted by atomic mass is 19.2. The molecule has 5 rings (SSSR count). The Morgan fingerprint density at radius 1 is 0.762 bits per heavy atom. The molecule has 4 heteroatoms. The maximum atomic E-state index is 15.3. The number of allylic oxidation sites excluding steroid dienone is 3. The molecule has 1 nitrogen and oxygen atoms in total. The Morgan fingerprint density at radius 3 is 2.14 bits per heavy atom. The van der Waals surface area contributed by atoms with Gasteiger partial charge in [0, 0.05) is 11.1 Å². The van der Waals surface area contributed by atoms with Gasteiger partial charge in [0.25, 0.3) is 0 Å². The van der Waals surface area contributed by atoms with Gasteiger partial charge in [-0.25, -0.2) is 8.78 Å². The van der Waals surface area contributed by atoms with Crippen LogP contribution in [0.3, 0.4) is 0 Å². The van der Waals surface area contributed by atoms with E-state index in [0.29, 0.717) is 29.6 Å². The molecule has 42 heavy (non-hydrogen) atoms. The average Bonchev–Trinajstić information content (AvgIpc) is 3.03. The van der Waals surface area contributed by atoms with Crippen LogP contribution in [0, 0.1) is 35.2 Å². The van der Waals surface area contributed by atoms with Gasteiger partial charge in [-0.3, -0.25) is 0 Å². The van der Waals surface area contributed by atoms with Gasteiger partial charge in [-0.05, 0) is 110 Å². The zero-order chi connectivity index (χ0) is 29.5. The molecule has 0 bridgehead atoms. The number of benzene rings is 3. The first-order valence-electron chi connectivity index (χ1n) is 15.8. The van der Waals surface area contributed by atoms with Crippen molar-refractivity contribution in [1.82, 2.24) is 0 Å². The molecule has 1 atom stereocenters. The van der Waals surface area contributed by atoms with Crippen LogP contribution in [-0.4, -0.2) is 6.61 Å². The quantitative estimate of drug-likeness (QED) is 0.164. The Balaban J connectivity index is 1.22. The predicted molar refractivity (Wildman–Crippen MR) is 168 cm³/mol. The molecule has 1 saturated carbocycles. The van der Waals surface area contributed by atoms with Crippen LogP contribution in [0.25, 0.3) is 27.8 Å². The van der Waals surface area contributed by atoms with E-state index in [4.69, 9.17) is 4.74 Å². The van der Waals surface area contributed by atoms with E-state index in [9.17, 15) is 8.78 Å². The van der Waals surface area contributed by atoms with Crippen LogP contribution >= 0.6 is 0 Å². The summed E-state index contributed by atoms with van der Waals surface area (Å²) in [5.41, 5.74) is 4.11. The second-order valence-electron chi connectivity index (χ2n) is 12.1. The van der Waals surface area contributed by atoms with E-state index < -0.39 is 11.6 Å². The van der Waals surface area contributed by atoms with Crippen molar-refractivity contribution in [3.05, 3.63) is 96.3 Å². The van der Waals surface area contributed by atoms with Gasteiger partial charge in [0.15, 0.2) is 11.6 Å². The minimum Gasteiger partial charge on any atom is -0.490 e. The number of rotatable bonds is 11. The molecule has 3 aromatic carbocycles. The lowest BCUT2D eigenvalue weighted by Crippen LogP contribution is -2.22. The Kier molecular flexibility index (Phi) is 10.3. The molecule has 0 saturated heterocycles. The van der Waals surface area contributed by atoms with Crippen molar-refractivity contribution in [2.75, 3.05) is 6.61 Å². The summed E-state index contributed by atoms with van der Waals surface area (Å²) in [6.07, 6.45) is 16.6. The highest BCUT2D eigenvalue weighted by Gasteiger charge is 2.28. The van der Waals surface area contributed by atoms with Crippen molar-refractivity contribution >= 4 is 5.57 Å². The van der Waals surface area contributed by atoms with Gasteiger partial charge in [-0.1, -0.05) is 74.7 Å². The van der Waals surface area contributed by atoms with Crippen molar-refractivity contribution in [2.45, 2.75) is 77.6 Å². The fourth-order valence-electron chi connectivity index (χ4n) is 6.75. The molecule has 1 fully saturated rings. The molecule has 0 N–H and O–H groups in total. The highest BCUT2D eigenvalue weighted by molar-refractivity contribution is 5.74. The molecular formula is C38H43F3O. The summed E-state index contributed by atoms with van der Waals surface area (Å²) in [4.78, 5) is 0. The zero-order valence-electron chi connectivity index (χ0n) is 24.8. The second kappa shape index (κ2) is 14.3. The summed E-state index contributed by atoms with van der Waals surface area (Å²) >= 11 is 0. The Morgan fingerprint density at radius 2 is 1.48 bits per heavy atom. The summed E-state index contributed by atoms with van der Waals surface area (Å²) in [7, 11) is 0. The molecule has 2 aliphatic carbocycles. The molecule has 1 unspecified atom stereocenters. The third-order valence-corrected chi connectivity index (χ3v) is 9.41. The minimum atomic E-state index is -0.965. The van der Waals surface area contributed by atoms with Crippen molar-refractivity contribution in [3.63, 3.8) is 0 Å². The van der Waals surface area contributed by atoms with Crippen LogP contribution in [-0.2, 0) is 0 Å². The topological polar surface area (TPSA) is 9.23 Å². The van der Waals surface area contributed by atoms with E-state index in [1.54, 1.807) is 24.3 Å². The first kappa shape index (κ1) is 30.2. The minimum absolute atomic E-state index is 0.0563. The first-order chi connectivity index (χ1) is 20.5. The van der Waals surface area contributed by atoms with E-state index >= 15 is 4.39 Å². The molecule has 0 aromatic heterocycles. The van der Waals surface area contributed by atoms with Gasteiger partial charge in [-0.15, -0.1) is 6.58 Å². The second-order valence-corrected chi connectivity index (χ2v) is 12.1. The van der Waals surface area contributed by atoms with E-state index in [-0.39, 0.29) is 17.1 Å². The van der Waals surface area contributed by atoms with Crippen LogP contribution in [0.1, 0.15) is 83.1 Å². The summed E-state index contributed by atoms with van der Waals surface area (Å²) in [6, 6.07) is 15.6. The standard InChI is InChI=1S/C38H43F3O/c1-3-5-6-7-24-42-36-23-22-34(37(40)38(36)41)31-18-14-29(15-19-31)32-20-21-33(35(39)25-32)30-16-12-28(13-17-30)27-10-8-26(4-2)9-11-27/h4,14-16,18-23,25-28H,2-3,5-13,17,24H2,1H3. The van der Waals surface area contributed by atoms with E-state index in [1.165, 1.54) is 31.7 Å². The third kappa shape index (κ3) is 7.02.